The molecule has 0 heterocycles. The van der Waals surface area contributed by atoms with Crippen LogP contribution in [0, 0.1) is 17.2 Å². The van der Waals surface area contributed by atoms with Crippen LogP contribution in [0.4, 0.5) is 4.39 Å². The van der Waals surface area contributed by atoms with Crippen molar-refractivity contribution in [3.63, 3.8) is 0 Å². The Hall–Kier alpha value is -0.410. The number of halogens is 2. The number of nitrogens with two attached hydrogens (primary N) is 1. The second-order valence-corrected chi connectivity index (χ2v) is 8.31. The second-order valence-electron chi connectivity index (χ2n) is 7.39. The Morgan fingerprint density at radius 3 is 2.48 bits per heavy atom. The molecule has 118 valence electrons. The number of hydrogen-bond acceptors (Lipinski definition) is 1. The first-order valence-corrected chi connectivity index (χ1v) is 8.78. The van der Waals surface area contributed by atoms with E-state index < -0.39 is 0 Å². The molecule has 0 spiro atoms. The van der Waals surface area contributed by atoms with Crippen molar-refractivity contribution in [2.24, 2.45) is 17.1 Å². The summed E-state index contributed by atoms with van der Waals surface area (Å²) in [6, 6.07) is 5.29. The van der Waals surface area contributed by atoms with Crippen LogP contribution in [0.3, 0.4) is 0 Å². The molecule has 1 fully saturated rings. The lowest BCUT2D eigenvalue weighted by Gasteiger charge is -2.43. The van der Waals surface area contributed by atoms with Gasteiger partial charge in [0.2, 0.25) is 0 Å². The van der Waals surface area contributed by atoms with Crippen LogP contribution in [0.1, 0.15) is 58.4 Å². The summed E-state index contributed by atoms with van der Waals surface area (Å²) in [4.78, 5) is 0. The van der Waals surface area contributed by atoms with E-state index in [2.05, 4.69) is 36.7 Å². The number of rotatable bonds is 4. The molecule has 21 heavy (non-hydrogen) atoms. The maximum atomic E-state index is 14.0. The molecule has 2 N–H and O–H groups in total. The Kier molecular flexibility index (Phi) is 5.15. The average Bonchev–Trinajstić information content (AvgIpc) is 2.42. The third-order valence-corrected chi connectivity index (χ3v) is 6.05. The fraction of sp³-hybridized carbons (Fsp3) is 0.667. The van der Waals surface area contributed by atoms with Crippen LogP contribution in [0.25, 0.3) is 0 Å². The van der Waals surface area contributed by atoms with Gasteiger partial charge >= 0.3 is 0 Å². The molecule has 0 amide bonds. The maximum absolute atomic E-state index is 14.0. The van der Waals surface area contributed by atoms with Crippen molar-refractivity contribution >= 4 is 15.9 Å². The van der Waals surface area contributed by atoms with Crippen LogP contribution in [0.5, 0.6) is 0 Å². The third kappa shape index (κ3) is 4.07. The molecular formula is C18H27BrFN. The summed E-state index contributed by atoms with van der Waals surface area (Å²) in [6.07, 6.45) is 6.17. The molecular weight excluding hydrogens is 329 g/mol. The number of hydrogen-bond donors (Lipinski definition) is 1. The minimum absolute atomic E-state index is 0.148. The summed E-state index contributed by atoms with van der Waals surface area (Å²) >= 11 is 3.30. The van der Waals surface area contributed by atoms with Crippen molar-refractivity contribution in [1.82, 2.24) is 0 Å². The molecule has 1 nitrogen and oxygen atoms in total. The van der Waals surface area contributed by atoms with Crippen molar-refractivity contribution in [1.29, 1.82) is 0 Å². The van der Waals surface area contributed by atoms with Crippen molar-refractivity contribution in [3.8, 4) is 0 Å². The molecule has 0 saturated heterocycles. The smallest absolute Gasteiger partial charge is 0.127 e. The molecule has 1 aliphatic carbocycles. The molecule has 1 aromatic rings. The quantitative estimate of drug-likeness (QED) is 0.762. The van der Waals surface area contributed by atoms with Crippen molar-refractivity contribution < 1.29 is 4.39 Å². The molecule has 0 bridgehead atoms. The maximum Gasteiger partial charge on any atom is 0.127 e. The zero-order valence-corrected chi connectivity index (χ0v) is 15.0. The highest BCUT2D eigenvalue weighted by atomic mass is 79.9. The minimum atomic E-state index is -0.241. The predicted octanol–water partition coefficient (Wildman–Crippen LogP) is 5.45. The Labute approximate surface area is 136 Å². The fourth-order valence-corrected chi connectivity index (χ4v) is 3.82. The van der Waals surface area contributed by atoms with Crippen LogP contribution >= 0.6 is 15.9 Å². The highest BCUT2D eigenvalue weighted by Crippen LogP contribution is 2.43. The topological polar surface area (TPSA) is 26.0 Å². The molecule has 1 saturated carbocycles. The molecule has 2 rings (SSSR count). The average molecular weight is 356 g/mol. The summed E-state index contributed by atoms with van der Waals surface area (Å²) in [7, 11) is 0. The van der Waals surface area contributed by atoms with E-state index in [4.69, 9.17) is 5.73 Å². The molecule has 0 radical (unpaired) electrons. The molecule has 3 heteroatoms. The summed E-state index contributed by atoms with van der Waals surface area (Å²) in [6.45, 7) is 6.98. The Bertz CT molecular complexity index is 490. The van der Waals surface area contributed by atoms with Crippen LogP contribution in [0.15, 0.2) is 22.7 Å². The van der Waals surface area contributed by atoms with Crippen LogP contribution in [0.2, 0.25) is 0 Å². The lowest BCUT2D eigenvalue weighted by Crippen LogP contribution is -2.47. The van der Waals surface area contributed by atoms with E-state index >= 15 is 0 Å². The molecule has 0 aromatic heterocycles. The van der Waals surface area contributed by atoms with Crippen LogP contribution < -0.4 is 5.73 Å². The molecule has 1 aliphatic rings. The van der Waals surface area contributed by atoms with Crippen molar-refractivity contribution in [3.05, 3.63) is 34.1 Å². The zero-order chi connectivity index (χ0) is 15.7. The summed E-state index contributed by atoms with van der Waals surface area (Å²) < 4.78 is 14.8. The van der Waals surface area contributed by atoms with Gasteiger partial charge in [-0.25, -0.2) is 4.39 Å². The van der Waals surface area contributed by atoms with Crippen LogP contribution in [-0.2, 0) is 6.42 Å². The van der Waals surface area contributed by atoms with E-state index in [9.17, 15) is 4.39 Å². The van der Waals surface area contributed by atoms with E-state index in [1.54, 1.807) is 0 Å². The molecule has 1 aromatic carbocycles. The Balaban J connectivity index is 2.02. The van der Waals surface area contributed by atoms with Gasteiger partial charge in [-0.15, -0.1) is 0 Å². The monoisotopic (exact) mass is 355 g/mol. The predicted molar refractivity (Wildman–Crippen MR) is 90.8 cm³/mol. The largest absolute Gasteiger partial charge is 0.325 e. The SMILES string of the molecule is CCC(C)(C)C1CCC(N)(Cc2ccc(Br)cc2F)CC1. The minimum Gasteiger partial charge on any atom is -0.325 e. The Morgan fingerprint density at radius 2 is 1.95 bits per heavy atom. The summed E-state index contributed by atoms with van der Waals surface area (Å²) in [5.41, 5.74) is 7.46. The van der Waals surface area contributed by atoms with Crippen molar-refractivity contribution in [2.75, 3.05) is 0 Å². The van der Waals surface area contributed by atoms with Gasteiger partial charge in [0.15, 0.2) is 0 Å². The first kappa shape index (κ1) is 17.0. The van der Waals surface area contributed by atoms with Crippen LogP contribution in [-0.4, -0.2) is 5.54 Å². The van der Waals surface area contributed by atoms with Gasteiger partial charge in [0.05, 0.1) is 0 Å². The standard InChI is InChI=1S/C18H27BrFN/c1-4-17(2,3)14-7-9-18(21,10-8-14)12-13-5-6-15(19)11-16(13)20/h5-6,11,14H,4,7-10,12,21H2,1-3H3. The lowest BCUT2D eigenvalue weighted by molar-refractivity contribution is 0.115. The lowest BCUT2D eigenvalue weighted by atomic mass is 9.65. The van der Waals surface area contributed by atoms with E-state index in [0.717, 1.165) is 41.6 Å². The van der Waals surface area contributed by atoms with E-state index in [1.807, 2.05) is 12.1 Å². The van der Waals surface area contributed by atoms with Crippen molar-refractivity contribution in [2.45, 2.75) is 64.8 Å². The fourth-order valence-electron chi connectivity index (χ4n) is 3.48. The Morgan fingerprint density at radius 1 is 1.33 bits per heavy atom. The highest BCUT2D eigenvalue weighted by molar-refractivity contribution is 9.10. The van der Waals surface area contributed by atoms with E-state index in [1.165, 1.54) is 12.5 Å². The van der Waals surface area contributed by atoms with E-state index in [-0.39, 0.29) is 11.4 Å². The summed E-state index contributed by atoms with van der Waals surface area (Å²) in [5.74, 6) is 0.596. The van der Waals surface area contributed by atoms with Gasteiger partial charge < -0.3 is 5.73 Å². The normalized spacial score (nSPS) is 26.9. The van der Waals surface area contributed by atoms with E-state index in [0.29, 0.717) is 11.8 Å². The first-order chi connectivity index (χ1) is 9.76. The van der Waals surface area contributed by atoms with Gasteiger partial charge in [0.1, 0.15) is 5.82 Å². The van der Waals surface area contributed by atoms with Gasteiger partial charge in [-0.05, 0) is 61.1 Å². The first-order valence-electron chi connectivity index (χ1n) is 7.98. The number of benzene rings is 1. The van der Waals surface area contributed by atoms with Gasteiger partial charge in [0, 0.05) is 10.0 Å². The van der Waals surface area contributed by atoms with Gasteiger partial charge in [-0.1, -0.05) is 49.2 Å². The third-order valence-electron chi connectivity index (χ3n) is 5.56. The zero-order valence-electron chi connectivity index (χ0n) is 13.4. The van der Waals surface area contributed by atoms with Gasteiger partial charge in [0.25, 0.3) is 0 Å². The second kappa shape index (κ2) is 6.37. The molecule has 0 atom stereocenters. The summed E-state index contributed by atoms with van der Waals surface area (Å²) in [5, 5.41) is 0. The molecule has 0 aliphatic heterocycles. The van der Waals surface area contributed by atoms with Gasteiger partial charge in [-0.2, -0.15) is 0 Å². The highest BCUT2D eigenvalue weighted by Gasteiger charge is 2.37. The van der Waals surface area contributed by atoms with Gasteiger partial charge in [-0.3, -0.25) is 0 Å². The molecule has 0 unspecified atom stereocenters.